The second kappa shape index (κ2) is 12.0. The Hall–Kier alpha value is 0.0539. The third-order valence-electron chi connectivity index (χ3n) is 4.25. The van der Waals surface area contributed by atoms with Gasteiger partial charge in [-0.25, -0.2) is 0 Å². The molecule has 0 aromatic rings. The average Bonchev–Trinajstić information content (AvgIpc) is 3.14. The van der Waals surface area contributed by atoms with E-state index in [4.69, 9.17) is 10.2 Å². The molecule has 0 unspecified atom stereocenters. The molecule has 0 saturated carbocycles. The molecule has 0 aliphatic heterocycles. The van der Waals surface area contributed by atoms with E-state index in [2.05, 4.69) is 67.8 Å². The predicted octanol–water partition coefficient (Wildman–Crippen LogP) is 5.99. The van der Waals surface area contributed by atoms with Crippen LogP contribution in [0.15, 0.2) is 41.4 Å². The minimum atomic E-state index is -1.91. The number of hydrogen-bond acceptors (Lipinski definition) is 2. The van der Waals surface area contributed by atoms with Crippen LogP contribution in [-0.4, -0.2) is 42.8 Å². The van der Waals surface area contributed by atoms with E-state index in [1.165, 1.54) is 12.8 Å². The van der Waals surface area contributed by atoms with Crippen LogP contribution < -0.4 is 0 Å². The molecular weight excluding hydrogens is 543 g/mol. The summed E-state index contributed by atoms with van der Waals surface area (Å²) in [7, 11) is -2.26. The van der Waals surface area contributed by atoms with E-state index in [1.807, 2.05) is 0 Å². The van der Waals surface area contributed by atoms with E-state index in [0.717, 1.165) is 0 Å². The molecule has 0 amide bonds. The number of rotatable bonds is 4. The quantitative estimate of drug-likeness (QED) is 0.397. The zero-order valence-corrected chi connectivity index (χ0v) is 25.6. The fourth-order valence-electron chi connectivity index (χ4n) is 2.72. The van der Waals surface area contributed by atoms with Gasteiger partial charge in [-0.3, -0.25) is 0 Å². The summed E-state index contributed by atoms with van der Waals surface area (Å²) in [5.74, 6) is 0. The molecule has 0 aromatic carbocycles. The Labute approximate surface area is 184 Å². The van der Waals surface area contributed by atoms with Crippen LogP contribution in [0.25, 0.3) is 0 Å². The summed E-state index contributed by atoms with van der Waals surface area (Å²) in [4.78, 5) is 0. The average molecular weight is 587 g/mol. The van der Waals surface area contributed by atoms with Crippen molar-refractivity contribution in [3.8, 4) is 0 Å². The molecule has 0 spiro atoms. The van der Waals surface area contributed by atoms with Crippen LogP contribution in [0.1, 0.15) is 40.5 Å². The monoisotopic (exact) mass is 588 g/mol. The summed E-state index contributed by atoms with van der Waals surface area (Å²) in [6, 6.07) is 0. The molecule has 2 N–H and O–H groups in total. The van der Waals surface area contributed by atoms with Gasteiger partial charge in [0.2, 0.25) is 0 Å². The van der Waals surface area contributed by atoms with Gasteiger partial charge < -0.3 is 10.2 Å². The molecule has 0 heterocycles. The molecular formula is C23H44HfO2Si2. The molecule has 2 nitrogen and oxygen atoms in total. The van der Waals surface area contributed by atoms with E-state index >= 15 is 0 Å². The molecule has 0 atom stereocenters. The molecule has 0 bridgehead atoms. The van der Waals surface area contributed by atoms with E-state index < -0.39 is 37.1 Å². The standard InChI is InChI=1S/2C8H13Si.2C3H8O.CH2.Hf/c2*1-9(2,3)8-6-4-5-7-8;2*1-3(2)4;;/h2*6-7H,4H2,1-3H3;2*3-4H,1-2H3;1H2;. The molecule has 0 radical (unpaired) electrons. The first-order chi connectivity index (χ1) is 12.6. The summed E-state index contributed by atoms with van der Waals surface area (Å²) in [6.07, 6.45) is 12.2. The van der Waals surface area contributed by atoms with E-state index in [0.29, 0.717) is 0 Å². The topological polar surface area (TPSA) is 40.5 Å². The number of allylic oxidation sites excluding steroid dienone is 8. The molecule has 2 rings (SSSR count). The van der Waals surface area contributed by atoms with Crippen LogP contribution in [0.5, 0.6) is 0 Å². The fourth-order valence-corrected chi connectivity index (χ4v) is 12.8. The molecule has 5 heteroatoms. The third-order valence-corrected chi connectivity index (χ3v) is 16.5. The van der Waals surface area contributed by atoms with Crippen molar-refractivity contribution in [3.63, 3.8) is 0 Å². The van der Waals surface area contributed by atoms with Crippen molar-refractivity contribution in [1.29, 1.82) is 0 Å². The first kappa shape index (κ1) is 28.1. The Morgan fingerprint density at radius 1 is 0.750 bits per heavy atom. The number of aliphatic hydroxyl groups is 2. The number of hydrogen-bond donors (Lipinski definition) is 2. The van der Waals surface area contributed by atoms with Crippen molar-refractivity contribution >= 4 is 20.4 Å². The molecule has 0 aromatic heterocycles. The molecule has 0 fully saturated rings. The summed E-state index contributed by atoms with van der Waals surface area (Å²) < 4.78 is 8.16. The zero-order valence-electron chi connectivity index (χ0n) is 20.0. The van der Waals surface area contributed by atoms with Crippen LogP contribution in [-0.2, 0) is 21.0 Å². The first-order valence-electron chi connectivity index (χ1n) is 10.4. The van der Waals surface area contributed by atoms with Crippen molar-refractivity contribution in [2.24, 2.45) is 0 Å². The molecule has 2 aliphatic carbocycles. The summed E-state index contributed by atoms with van der Waals surface area (Å²) in [5, 5.41) is 19.4. The maximum absolute atomic E-state index is 8.06. The van der Waals surface area contributed by atoms with Crippen LogP contribution in [0.3, 0.4) is 0 Å². The molecule has 0 saturated heterocycles. The fraction of sp³-hybridized carbons (Fsp3) is 0.609. The van der Waals surface area contributed by atoms with E-state index in [1.54, 1.807) is 44.7 Å². The Morgan fingerprint density at radius 2 is 1.00 bits per heavy atom. The van der Waals surface area contributed by atoms with Crippen LogP contribution in [0.4, 0.5) is 0 Å². The Kier molecular flexibility index (Phi) is 12.1. The van der Waals surface area contributed by atoms with Gasteiger partial charge in [-0.2, -0.15) is 0 Å². The first-order valence-corrected chi connectivity index (χ1v) is 23.6. The Bertz CT molecular complexity index is 594. The molecule has 2 aliphatic rings. The SMILES string of the molecule is CC(C)O.CC(C)O.[CH2]=[Hf]([C]1=CC([Si](C)(C)C)=CC1)[C]1=CC([Si](C)(C)C)=CC1. The van der Waals surface area contributed by atoms with Gasteiger partial charge >= 0.3 is 135 Å². The van der Waals surface area contributed by atoms with Gasteiger partial charge in [0.05, 0.1) is 0 Å². The minimum absolute atomic E-state index is 0.167. The Balaban J connectivity index is 0.000000776. The summed E-state index contributed by atoms with van der Waals surface area (Å²) >= 11 is -1.91. The van der Waals surface area contributed by atoms with Crippen molar-refractivity contribution in [1.82, 2.24) is 0 Å². The second-order valence-electron chi connectivity index (χ2n) is 10.2. The zero-order chi connectivity index (χ0) is 22.3. The molecule has 160 valence electrons. The molecule has 28 heavy (non-hydrogen) atoms. The van der Waals surface area contributed by atoms with Crippen LogP contribution >= 0.6 is 0 Å². The van der Waals surface area contributed by atoms with Crippen molar-refractivity contribution < 1.29 is 31.2 Å². The van der Waals surface area contributed by atoms with Gasteiger partial charge in [-0.15, -0.1) is 0 Å². The van der Waals surface area contributed by atoms with Gasteiger partial charge in [0.15, 0.2) is 0 Å². The third kappa shape index (κ3) is 11.3. The Morgan fingerprint density at radius 3 is 1.18 bits per heavy atom. The van der Waals surface area contributed by atoms with Gasteiger partial charge in [-0.1, -0.05) is 0 Å². The summed E-state index contributed by atoms with van der Waals surface area (Å²) in [5.41, 5.74) is 0. The van der Waals surface area contributed by atoms with Gasteiger partial charge in [-0.05, 0) is 27.7 Å². The predicted molar refractivity (Wildman–Crippen MR) is 130 cm³/mol. The number of aliphatic hydroxyl groups excluding tert-OH is 2. The van der Waals surface area contributed by atoms with Gasteiger partial charge in [0, 0.05) is 12.2 Å². The van der Waals surface area contributed by atoms with E-state index in [9.17, 15) is 0 Å². The van der Waals surface area contributed by atoms with Crippen LogP contribution in [0.2, 0.25) is 39.3 Å². The maximum atomic E-state index is 8.06. The van der Waals surface area contributed by atoms with Crippen LogP contribution in [0, 0.1) is 0 Å². The van der Waals surface area contributed by atoms with Crippen molar-refractivity contribution in [2.45, 2.75) is 92.0 Å². The van der Waals surface area contributed by atoms with Gasteiger partial charge in [0.1, 0.15) is 0 Å². The van der Waals surface area contributed by atoms with Gasteiger partial charge in [0.25, 0.3) is 0 Å². The summed E-state index contributed by atoms with van der Waals surface area (Å²) in [6.45, 7) is 21.6. The van der Waals surface area contributed by atoms with Crippen molar-refractivity contribution in [2.75, 3.05) is 0 Å². The normalized spacial score (nSPS) is 16.5. The van der Waals surface area contributed by atoms with E-state index in [-0.39, 0.29) is 12.2 Å². The second-order valence-corrected chi connectivity index (χ2v) is 28.4. The van der Waals surface area contributed by atoms with Crippen molar-refractivity contribution in [3.05, 3.63) is 41.4 Å².